The van der Waals surface area contributed by atoms with Crippen molar-refractivity contribution in [1.29, 1.82) is 0 Å². The minimum atomic E-state index is -0.420. The Morgan fingerprint density at radius 3 is 2.59 bits per heavy atom. The van der Waals surface area contributed by atoms with E-state index < -0.39 is 4.92 Å². The number of fused-ring (bicyclic) bond motifs is 2. The molecule has 7 nitrogen and oxygen atoms in total. The Bertz CT molecular complexity index is 1300. The van der Waals surface area contributed by atoms with Gasteiger partial charge >= 0.3 is 0 Å². The van der Waals surface area contributed by atoms with Crippen LogP contribution in [0.5, 0.6) is 0 Å². The number of hydrogen-bond acceptors (Lipinski definition) is 5. The van der Waals surface area contributed by atoms with Crippen molar-refractivity contribution in [2.24, 2.45) is 0 Å². The van der Waals surface area contributed by atoms with Crippen LogP contribution in [0.4, 0.5) is 5.69 Å². The van der Waals surface area contributed by atoms with E-state index in [2.05, 4.69) is 10.3 Å². The SMILES string of the molecule is O=[N+]([O-])c1ccc(-c2cc3cc(-n4nnc5ccccc54)ccc3o2)cc1. The Morgan fingerprint density at radius 1 is 0.963 bits per heavy atom. The fourth-order valence-electron chi connectivity index (χ4n) is 3.11. The summed E-state index contributed by atoms with van der Waals surface area (Å²) in [6, 6.07) is 21.8. The van der Waals surface area contributed by atoms with Crippen molar-refractivity contribution in [2.45, 2.75) is 0 Å². The van der Waals surface area contributed by atoms with Crippen LogP contribution in [0.25, 0.3) is 39.0 Å². The molecule has 0 amide bonds. The summed E-state index contributed by atoms with van der Waals surface area (Å²) >= 11 is 0. The van der Waals surface area contributed by atoms with Gasteiger partial charge in [0.05, 0.1) is 16.1 Å². The van der Waals surface area contributed by atoms with E-state index in [1.54, 1.807) is 16.8 Å². The van der Waals surface area contributed by atoms with E-state index in [4.69, 9.17) is 4.42 Å². The highest BCUT2D eigenvalue weighted by Gasteiger charge is 2.11. The number of nitro groups is 1. The molecular formula is C20H12N4O3. The zero-order chi connectivity index (χ0) is 18.4. The molecule has 0 atom stereocenters. The van der Waals surface area contributed by atoms with Gasteiger partial charge in [-0.2, -0.15) is 0 Å². The number of para-hydroxylation sites is 1. The highest BCUT2D eigenvalue weighted by Crippen LogP contribution is 2.30. The molecule has 0 aliphatic carbocycles. The summed E-state index contributed by atoms with van der Waals surface area (Å²) in [5, 5.41) is 20.1. The van der Waals surface area contributed by atoms with Gasteiger partial charge in [-0.15, -0.1) is 5.10 Å². The lowest BCUT2D eigenvalue weighted by molar-refractivity contribution is -0.384. The first-order chi connectivity index (χ1) is 13.2. The average molecular weight is 356 g/mol. The third kappa shape index (κ3) is 2.53. The van der Waals surface area contributed by atoms with Gasteiger partial charge < -0.3 is 4.42 Å². The number of nitro benzene ring substituents is 1. The monoisotopic (exact) mass is 356 g/mol. The van der Waals surface area contributed by atoms with Gasteiger partial charge in [0, 0.05) is 23.1 Å². The number of aromatic nitrogens is 3. The molecule has 0 aliphatic heterocycles. The smallest absolute Gasteiger partial charge is 0.269 e. The van der Waals surface area contributed by atoms with E-state index in [0.29, 0.717) is 5.76 Å². The van der Waals surface area contributed by atoms with E-state index in [1.807, 2.05) is 48.5 Å². The summed E-state index contributed by atoms with van der Waals surface area (Å²) in [7, 11) is 0. The van der Waals surface area contributed by atoms with Crippen molar-refractivity contribution in [3.8, 4) is 17.0 Å². The lowest BCUT2D eigenvalue weighted by atomic mass is 10.1. The predicted molar refractivity (Wildman–Crippen MR) is 101 cm³/mol. The largest absolute Gasteiger partial charge is 0.456 e. The number of non-ortho nitro benzene ring substituents is 1. The van der Waals surface area contributed by atoms with Crippen LogP contribution in [0.15, 0.2) is 77.2 Å². The van der Waals surface area contributed by atoms with Gasteiger partial charge in [-0.25, -0.2) is 4.68 Å². The molecule has 0 spiro atoms. The fraction of sp³-hybridized carbons (Fsp3) is 0. The Morgan fingerprint density at radius 2 is 1.78 bits per heavy atom. The predicted octanol–water partition coefficient (Wildman–Crippen LogP) is 4.74. The van der Waals surface area contributed by atoms with Crippen LogP contribution in [-0.2, 0) is 0 Å². The maximum absolute atomic E-state index is 10.8. The van der Waals surface area contributed by atoms with Crippen molar-refractivity contribution >= 4 is 27.7 Å². The van der Waals surface area contributed by atoms with E-state index in [9.17, 15) is 10.1 Å². The molecule has 2 heterocycles. The Hall–Kier alpha value is -4.00. The van der Waals surface area contributed by atoms with Crippen molar-refractivity contribution in [2.75, 3.05) is 0 Å². The first-order valence-electron chi connectivity index (χ1n) is 8.28. The van der Waals surface area contributed by atoms with E-state index in [-0.39, 0.29) is 5.69 Å². The van der Waals surface area contributed by atoms with Crippen LogP contribution in [0, 0.1) is 10.1 Å². The zero-order valence-electron chi connectivity index (χ0n) is 13.9. The summed E-state index contributed by atoms with van der Waals surface area (Å²) in [4.78, 5) is 10.4. The van der Waals surface area contributed by atoms with Gasteiger partial charge in [-0.1, -0.05) is 17.3 Å². The van der Waals surface area contributed by atoms with Gasteiger partial charge in [0.2, 0.25) is 0 Å². The van der Waals surface area contributed by atoms with Crippen molar-refractivity contribution in [3.63, 3.8) is 0 Å². The topological polar surface area (TPSA) is 87.0 Å². The third-order valence-corrected chi connectivity index (χ3v) is 4.46. The zero-order valence-corrected chi connectivity index (χ0v) is 13.9. The first kappa shape index (κ1) is 15.3. The van der Waals surface area contributed by atoms with Crippen LogP contribution in [0.3, 0.4) is 0 Å². The Balaban J connectivity index is 1.58. The lowest BCUT2D eigenvalue weighted by Crippen LogP contribution is -1.95. The molecule has 0 radical (unpaired) electrons. The summed E-state index contributed by atoms with van der Waals surface area (Å²) in [6.07, 6.45) is 0. The summed E-state index contributed by atoms with van der Waals surface area (Å²) in [5.74, 6) is 0.653. The minimum Gasteiger partial charge on any atom is -0.456 e. The van der Waals surface area contributed by atoms with Crippen molar-refractivity contribution in [3.05, 3.63) is 82.9 Å². The number of benzene rings is 3. The second-order valence-corrected chi connectivity index (χ2v) is 6.13. The standard InChI is InChI=1S/C20H12N4O3/c25-24(26)15-7-5-13(6-8-15)20-12-14-11-16(9-10-19(14)27-20)23-18-4-2-1-3-17(18)21-22-23/h1-12H. The molecule has 0 unspecified atom stereocenters. The number of furan rings is 1. The number of hydrogen-bond donors (Lipinski definition) is 0. The van der Waals surface area contributed by atoms with Crippen LogP contribution >= 0.6 is 0 Å². The molecule has 0 bridgehead atoms. The molecule has 5 aromatic rings. The van der Waals surface area contributed by atoms with E-state index in [1.165, 1.54) is 12.1 Å². The van der Waals surface area contributed by atoms with E-state index >= 15 is 0 Å². The van der Waals surface area contributed by atoms with Crippen LogP contribution in [0.2, 0.25) is 0 Å². The third-order valence-electron chi connectivity index (χ3n) is 4.46. The highest BCUT2D eigenvalue weighted by atomic mass is 16.6. The van der Waals surface area contributed by atoms with Gasteiger partial charge in [0.15, 0.2) is 0 Å². The summed E-state index contributed by atoms with van der Waals surface area (Å²) in [6.45, 7) is 0. The molecule has 0 saturated carbocycles. The molecule has 130 valence electrons. The van der Waals surface area contributed by atoms with Crippen LogP contribution in [-0.4, -0.2) is 19.9 Å². The quantitative estimate of drug-likeness (QED) is 0.344. The molecular weight excluding hydrogens is 344 g/mol. The molecule has 0 N–H and O–H groups in total. The second kappa shape index (κ2) is 5.77. The second-order valence-electron chi connectivity index (χ2n) is 6.13. The van der Waals surface area contributed by atoms with Crippen LogP contribution < -0.4 is 0 Å². The van der Waals surface area contributed by atoms with Crippen molar-refractivity contribution < 1.29 is 9.34 Å². The van der Waals surface area contributed by atoms with Gasteiger partial charge in [-0.3, -0.25) is 10.1 Å². The van der Waals surface area contributed by atoms with Gasteiger partial charge in [-0.05, 0) is 48.5 Å². The molecule has 0 aliphatic rings. The average Bonchev–Trinajstić information content (AvgIpc) is 3.31. The number of nitrogens with zero attached hydrogens (tertiary/aromatic N) is 4. The molecule has 27 heavy (non-hydrogen) atoms. The lowest BCUT2D eigenvalue weighted by Gasteiger charge is -2.01. The maximum atomic E-state index is 10.8. The molecule has 7 heteroatoms. The van der Waals surface area contributed by atoms with Gasteiger partial charge in [0.1, 0.15) is 16.9 Å². The molecule has 5 rings (SSSR count). The fourth-order valence-corrected chi connectivity index (χ4v) is 3.11. The van der Waals surface area contributed by atoms with Gasteiger partial charge in [0.25, 0.3) is 5.69 Å². The number of rotatable bonds is 3. The molecule has 0 saturated heterocycles. The minimum absolute atomic E-state index is 0.0511. The first-order valence-corrected chi connectivity index (χ1v) is 8.28. The maximum Gasteiger partial charge on any atom is 0.269 e. The summed E-state index contributed by atoms with van der Waals surface area (Å²) < 4.78 is 7.68. The Kier molecular flexibility index (Phi) is 3.26. The van der Waals surface area contributed by atoms with Crippen molar-refractivity contribution in [1.82, 2.24) is 15.0 Å². The summed E-state index contributed by atoms with van der Waals surface area (Å²) in [5.41, 5.74) is 4.20. The normalized spacial score (nSPS) is 11.3. The molecule has 0 fully saturated rings. The molecule has 3 aromatic carbocycles. The highest BCUT2D eigenvalue weighted by molar-refractivity contribution is 5.85. The van der Waals surface area contributed by atoms with E-state index in [0.717, 1.165) is 33.3 Å². The molecule has 2 aromatic heterocycles. The Labute approximate surface area is 152 Å². The van der Waals surface area contributed by atoms with Crippen LogP contribution in [0.1, 0.15) is 0 Å².